The summed E-state index contributed by atoms with van der Waals surface area (Å²) in [6, 6.07) is 26.7. The van der Waals surface area contributed by atoms with E-state index >= 15 is 0 Å². The fourth-order valence-corrected chi connectivity index (χ4v) is 6.46. The molecule has 240 valence electrons. The number of benzene rings is 3. The van der Waals surface area contributed by atoms with E-state index in [0.717, 1.165) is 0 Å². The van der Waals surface area contributed by atoms with Gasteiger partial charge in [0.25, 0.3) is 15.9 Å². The molecule has 46 heavy (non-hydrogen) atoms. The minimum absolute atomic E-state index is 0.0709. The van der Waals surface area contributed by atoms with Gasteiger partial charge >= 0.3 is 5.97 Å². The van der Waals surface area contributed by atoms with Gasteiger partial charge in [0, 0.05) is 18.1 Å². The molecule has 0 aliphatic rings. The third kappa shape index (κ3) is 8.60. The zero-order valence-corrected chi connectivity index (χ0v) is 27.5. The second-order valence-corrected chi connectivity index (χ2v) is 12.4. The SMILES string of the molecule is CCN(c1ccc(Cl)cc1CN(Cc1ccco1)C(=O)c1ccccc1Cl)S(=O)(=O)c1ccccc1.CCOC(=O)c1ccco1. The van der Waals surface area contributed by atoms with E-state index in [1.54, 1.807) is 116 Å². The monoisotopic (exact) mass is 682 g/mol. The van der Waals surface area contributed by atoms with Crippen LogP contribution in [0.15, 0.2) is 123 Å². The number of esters is 1. The van der Waals surface area contributed by atoms with Crippen molar-refractivity contribution in [2.24, 2.45) is 0 Å². The van der Waals surface area contributed by atoms with E-state index in [0.29, 0.717) is 39.2 Å². The number of amides is 1. The molecule has 0 spiro atoms. The topological polar surface area (TPSA) is 110 Å². The van der Waals surface area contributed by atoms with Crippen LogP contribution in [0.25, 0.3) is 0 Å². The van der Waals surface area contributed by atoms with Crippen molar-refractivity contribution >= 4 is 50.8 Å². The van der Waals surface area contributed by atoms with Gasteiger partial charge in [0.2, 0.25) is 5.76 Å². The van der Waals surface area contributed by atoms with Crippen molar-refractivity contribution in [1.29, 1.82) is 0 Å². The van der Waals surface area contributed by atoms with Gasteiger partial charge in [0.1, 0.15) is 5.76 Å². The number of rotatable bonds is 11. The average molecular weight is 684 g/mol. The van der Waals surface area contributed by atoms with Crippen LogP contribution >= 0.6 is 23.2 Å². The molecule has 2 heterocycles. The summed E-state index contributed by atoms with van der Waals surface area (Å²) < 4.78 is 43.3. The molecular formula is C34H32Cl2N2O7S. The number of hydrogen-bond acceptors (Lipinski definition) is 7. The van der Waals surface area contributed by atoms with Gasteiger partial charge in [0.15, 0.2) is 0 Å². The zero-order chi connectivity index (χ0) is 33.1. The molecule has 0 fully saturated rings. The van der Waals surface area contributed by atoms with Gasteiger partial charge in [-0.15, -0.1) is 0 Å². The molecule has 2 aromatic heterocycles. The molecule has 5 aromatic rings. The molecule has 12 heteroatoms. The standard InChI is InChI=1S/C27H24Cl2N2O4S.C7H8O3/c1-2-31(36(33,34)23-10-4-3-5-11-23)26-15-14-21(28)17-20(26)18-30(19-22-9-8-16-35-22)27(32)24-12-6-7-13-25(24)29;1-2-9-7(8)6-4-3-5-10-6/h3-17H,2,18-19H2,1H3;3-5H,2H2,1H3. The van der Waals surface area contributed by atoms with E-state index < -0.39 is 16.0 Å². The Hall–Kier alpha value is -4.51. The summed E-state index contributed by atoms with van der Waals surface area (Å²) in [5.41, 5.74) is 1.33. The Balaban J connectivity index is 0.000000409. The van der Waals surface area contributed by atoms with Crippen molar-refractivity contribution in [1.82, 2.24) is 4.90 Å². The maximum absolute atomic E-state index is 13.6. The molecule has 1 amide bonds. The summed E-state index contributed by atoms with van der Waals surface area (Å²) in [7, 11) is -3.86. The van der Waals surface area contributed by atoms with Crippen LogP contribution in [0.2, 0.25) is 10.0 Å². The number of hydrogen-bond donors (Lipinski definition) is 0. The van der Waals surface area contributed by atoms with E-state index in [9.17, 15) is 18.0 Å². The second kappa shape index (κ2) is 16.2. The second-order valence-electron chi connectivity index (χ2n) is 9.67. The van der Waals surface area contributed by atoms with Crippen LogP contribution < -0.4 is 4.31 Å². The number of furan rings is 2. The van der Waals surface area contributed by atoms with E-state index in [4.69, 9.17) is 32.0 Å². The van der Waals surface area contributed by atoms with Crippen molar-refractivity contribution < 1.29 is 31.6 Å². The number of nitrogens with zero attached hydrogens (tertiary/aromatic N) is 2. The first-order chi connectivity index (χ1) is 22.1. The van der Waals surface area contributed by atoms with Crippen molar-refractivity contribution in [3.8, 4) is 0 Å². The molecule has 0 saturated carbocycles. The smallest absolute Gasteiger partial charge is 0.374 e. The molecule has 5 rings (SSSR count). The van der Waals surface area contributed by atoms with Crippen LogP contribution in [0, 0.1) is 0 Å². The van der Waals surface area contributed by atoms with Crippen LogP contribution in [0.3, 0.4) is 0 Å². The minimum Gasteiger partial charge on any atom is -0.467 e. The predicted molar refractivity (Wildman–Crippen MR) is 177 cm³/mol. The summed E-state index contributed by atoms with van der Waals surface area (Å²) in [5.74, 6) is 0.0921. The van der Waals surface area contributed by atoms with E-state index in [2.05, 4.69) is 4.74 Å². The van der Waals surface area contributed by atoms with E-state index in [1.165, 1.54) is 16.8 Å². The molecule has 0 radical (unpaired) electrons. The first kappa shape index (κ1) is 34.4. The Kier molecular flexibility index (Phi) is 12.1. The largest absolute Gasteiger partial charge is 0.467 e. The highest BCUT2D eigenvalue weighted by atomic mass is 35.5. The summed E-state index contributed by atoms with van der Waals surface area (Å²) in [5, 5.41) is 0.741. The zero-order valence-electron chi connectivity index (χ0n) is 25.1. The Labute approximate surface area is 277 Å². The maximum atomic E-state index is 13.6. The van der Waals surface area contributed by atoms with Gasteiger partial charge in [-0.2, -0.15) is 0 Å². The molecule has 9 nitrogen and oxygen atoms in total. The highest BCUT2D eigenvalue weighted by Crippen LogP contribution is 2.31. The predicted octanol–water partition coefficient (Wildman–Crippen LogP) is 8.10. The summed E-state index contributed by atoms with van der Waals surface area (Å²) in [6.07, 6.45) is 2.97. The molecule has 0 bridgehead atoms. The lowest BCUT2D eigenvalue weighted by atomic mass is 10.1. The van der Waals surface area contributed by atoms with E-state index in [-0.39, 0.29) is 36.2 Å². The van der Waals surface area contributed by atoms with Gasteiger partial charge in [0.05, 0.1) is 46.8 Å². The first-order valence-corrected chi connectivity index (χ1v) is 16.5. The van der Waals surface area contributed by atoms with Crippen molar-refractivity contribution in [3.63, 3.8) is 0 Å². The molecule has 0 aliphatic heterocycles. The quantitative estimate of drug-likeness (QED) is 0.129. The number of sulfonamides is 1. The molecular weight excluding hydrogens is 651 g/mol. The molecule has 0 N–H and O–H groups in total. The van der Waals surface area contributed by atoms with Crippen LogP contribution in [0.1, 0.15) is 46.1 Å². The molecule has 3 aromatic carbocycles. The van der Waals surface area contributed by atoms with Gasteiger partial charge in [-0.1, -0.05) is 53.5 Å². The molecule has 0 unspecified atom stereocenters. The van der Waals surface area contributed by atoms with Crippen LogP contribution in [0.4, 0.5) is 5.69 Å². The lowest BCUT2D eigenvalue weighted by molar-refractivity contribution is 0.0490. The number of ether oxygens (including phenoxy) is 1. The van der Waals surface area contributed by atoms with Gasteiger partial charge in [-0.05, 0) is 86.1 Å². The number of carbonyl (C=O) groups is 2. The molecule has 0 atom stereocenters. The minimum atomic E-state index is -3.86. The Morgan fingerprint density at radius 2 is 1.50 bits per heavy atom. The van der Waals surface area contributed by atoms with Crippen LogP contribution in [-0.2, 0) is 27.8 Å². The van der Waals surface area contributed by atoms with Crippen molar-refractivity contribution in [3.05, 3.63) is 142 Å². The van der Waals surface area contributed by atoms with Crippen LogP contribution in [0.5, 0.6) is 0 Å². The highest BCUT2D eigenvalue weighted by Gasteiger charge is 2.28. The van der Waals surface area contributed by atoms with Crippen molar-refractivity contribution in [2.45, 2.75) is 31.8 Å². The normalized spacial score (nSPS) is 10.9. The van der Waals surface area contributed by atoms with Gasteiger partial charge in [-0.25, -0.2) is 13.2 Å². The summed E-state index contributed by atoms with van der Waals surface area (Å²) in [4.78, 5) is 26.1. The maximum Gasteiger partial charge on any atom is 0.374 e. The van der Waals surface area contributed by atoms with Gasteiger partial charge in [-0.3, -0.25) is 9.10 Å². The number of halogens is 2. The lowest BCUT2D eigenvalue weighted by Crippen LogP contribution is -2.34. The Bertz CT molecular complexity index is 1830. The lowest BCUT2D eigenvalue weighted by Gasteiger charge is -2.28. The first-order valence-electron chi connectivity index (χ1n) is 14.3. The molecule has 0 aliphatic carbocycles. The van der Waals surface area contributed by atoms with Crippen LogP contribution in [-0.4, -0.2) is 38.3 Å². The molecule has 0 saturated heterocycles. The third-order valence-corrected chi connectivity index (χ3v) is 9.07. The third-order valence-electron chi connectivity index (χ3n) is 6.61. The van der Waals surface area contributed by atoms with E-state index in [1.807, 2.05) is 0 Å². The fraction of sp³-hybridized carbons (Fsp3) is 0.176. The van der Waals surface area contributed by atoms with Crippen molar-refractivity contribution in [2.75, 3.05) is 17.5 Å². The summed E-state index contributed by atoms with van der Waals surface area (Å²) >= 11 is 12.7. The van der Waals surface area contributed by atoms with Gasteiger partial charge < -0.3 is 18.5 Å². The average Bonchev–Trinajstić information content (AvgIpc) is 3.78. The Morgan fingerprint density at radius 3 is 2.13 bits per heavy atom. The number of anilines is 1. The highest BCUT2D eigenvalue weighted by molar-refractivity contribution is 7.92. The Morgan fingerprint density at radius 1 is 0.804 bits per heavy atom. The summed E-state index contributed by atoms with van der Waals surface area (Å²) in [6.45, 7) is 4.29. The number of carbonyl (C=O) groups excluding carboxylic acids is 2. The fourth-order valence-electron chi connectivity index (χ4n) is 4.51.